The number of carboxylic acids is 2. The molecule has 1 fully saturated rings. The van der Waals surface area contributed by atoms with E-state index in [1.54, 1.807) is 12.1 Å². The van der Waals surface area contributed by atoms with Crippen LogP contribution in [0.2, 0.25) is 0 Å². The molecule has 11 nitrogen and oxygen atoms in total. The van der Waals surface area contributed by atoms with Gasteiger partial charge in [-0.3, -0.25) is 14.8 Å². The Bertz CT molecular complexity index is 976. The smallest absolute Gasteiger partial charge is 0.337 e. The molecule has 0 radical (unpaired) electrons. The van der Waals surface area contributed by atoms with Crippen LogP contribution >= 0.6 is 0 Å². The topological polar surface area (TPSA) is 165 Å². The minimum Gasteiger partial charge on any atom is -0.478 e. The standard InChI is InChI=1S/C22H23N3O8/c26-19(33-22(25-31)3-7-32-8-4-22)11-14(9-15-1-5-23-12-17(15)20(27)28)10-16-2-6-24-13-18(16)21(29)30/h1-2,5-6,12-14H,3-4,7-11H2,(H,27,28)(H,29,30). The van der Waals surface area contributed by atoms with Gasteiger partial charge >= 0.3 is 17.9 Å². The lowest BCUT2D eigenvalue weighted by Gasteiger charge is -2.30. The molecule has 0 aliphatic carbocycles. The van der Waals surface area contributed by atoms with Crippen molar-refractivity contribution in [1.82, 2.24) is 9.97 Å². The zero-order valence-corrected chi connectivity index (χ0v) is 17.7. The second-order valence-corrected chi connectivity index (χ2v) is 7.78. The highest BCUT2D eigenvalue weighted by Crippen LogP contribution is 2.29. The van der Waals surface area contributed by atoms with Crippen LogP contribution in [0.25, 0.3) is 0 Å². The lowest BCUT2D eigenvalue weighted by atomic mass is 9.87. The van der Waals surface area contributed by atoms with Crippen molar-refractivity contribution in [1.29, 1.82) is 0 Å². The van der Waals surface area contributed by atoms with Gasteiger partial charge in [0.1, 0.15) is 0 Å². The number of aromatic carboxylic acids is 2. The Morgan fingerprint density at radius 2 is 1.52 bits per heavy atom. The normalized spacial score (nSPS) is 15.1. The number of nitroso groups, excluding NO2 is 1. The molecular weight excluding hydrogens is 434 g/mol. The molecule has 174 valence electrons. The van der Waals surface area contributed by atoms with Gasteiger partial charge in [0, 0.05) is 44.0 Å². The van der Waals surface area contributed by atoms with Crippen molar-refractivity contribution in [3.63, 3.8) is 0 Å². The number of ether oxygens (including phenoxy) is 2. The summed E-state index contributed by atoms with van der Waals surface area (Å²) in [5.41, 5.74) is -0.642. The van der Waals surface area contributed by atoms with Crippen LogP contribution in [0, 0.1) is 10.8 Å². The van der Waals surface area contributed by atoms with Crippen LogP contribution < -0.4 is 0 Å². The number of hydrogen-bond donors (Lipinski definition) is 2. The maximum Gasteiger partial charge on any atom is 0.337 e. The summed E-state index contributed by atoms with van der Waals surface area (Å²) in [6.45, 7) is 0.473. The van der Waals surface area contributed by atoms with E-state index in [1.807, 2.05) is 0 Å². The van der Waals surface area contributed by atoms with Crippen LogP contribution in [0.3, 0.4) is 0 Å². The van der Waals surface area contributed by atoms with Crippen LogP contribution in [-0.2, 0) is 27.1 Å². The van der Waals surface area contributed by atoms with Crippen molar-refractivity contribution in [3.05, 3.63) is 64.1 Å². The Kier molecular flexibility index (Phi) is 7.78. The molecule has 0 bridgehead atoms. The quantitative estimate of drug-likeness (QED) is 0.400. The summed E-state index contributed by atoms with van der Waals surface area (Å²) in [5, 5.41) is 22.0. The van der Waals surface area contributed by atoms with Crippen molar-refractivity contribution < 1.29 is 34.1 Å². The Morgan fingerprint density at radius 1 is 1.00 bits per heavy atom. The molecule has 0 amide bonds. The highest BCUT2D eigenvalue weighted by Gasteiger charge is 2.38. The summed E-state index contributed by atoms with van der Waals surface area (Å²) in [7, 11) is 0. The molecule has 2 aromatic rings. The van der Waals surface area contributed by atoms with E-state index in [2.05, 4.69) is 15.1 Å². The molecule has 0 unspecified atom stereocenters. The van der Waals surface area contributed by atoms with Gasteiger partial charge in [-0.25, -0.2) is 9.59 Å². The maximum absolute atomic E-state index is 12.8. The highest BCUT2D eigenvalue weighted by atomic mass is 16.6. The van der Waals surface area contributed by atoms with E-state index in [4.69, 9.17) is 9.47 Å². The van der Waals surface area contributed by atoms with Gasteiger partial charge in [0.25, 0.3) is 0 Å². The van der Waals surface area contributed by atoms with Crippen LogP contribution in [0.5, 0.6) is 0 Å². The minimum atomic E-state index is -1.49. The van der Waals surface area contributed by atoms with E-state index >= 15 is 0 Å². The Balaban J connectivity index is 1.85. The summed E-state index contributed by atoms with van der Waals surface area (Å²) < 4.78 is 10.6. The van der Waals surface area contributed by atoms with E-state index in [-0.39, 0.29) is 56.4 Å². The van der Waals surface area contributed by atoms with Crippen molar-refractivity contribution in [2.24, 2.45) is 11.1 Å². The molecule has 1 aliphatic rings. The fraction of sp³-hybridized carbons (Fsp3) is 0.409. The van der Waals surface area contributed by atoms with E-state index in [9.17, 15) is 29.5 Å². The van der Waals surface area contributed by atoms with E-state index in [1.165, 1.54) is 24.8 Å². The van der Waals surface area contributed by atoms with Gasteiger partial charge in [-0.15, -0.1) is 4.91 Å². The third-order valence-corrected chi connectivity index (χ3v) is 5.50. The number of hydrogen-bond acceptors (Lipinski definition) is 9. The van der Waals surface area contributed by atoms with Crippen LogP contribution in [0.4, 0.5) is 0 Å². The summed E-state index contributed by atoms with van der Waals surface area (Å²) in [4.78, 5) is 55.0. The van der Waals surface area contributed by atoms with Crippen molar-refractivity contribution >= 4 is 17.9 Å². The molecule has 33 heavy (non-hydrogen) atoms. The van der Waals surface area contributed by atoms with E-state index in [0.29, 0.717) is 11.1 Å². The first kappa shape index (κ1) is 23.9. The van der Waals surface area contributed by atoms with Gasteiger partial charge in [0.2, 0.25) is 5.72 Å². The molecule has 1 aliphatic heterocycles. The molecule has 0 aromatic carbocycles. The van der Waals surface area contributed by atoms with Gasteiger partial charge in [0.05, 0.1) is 24.3 Å². The molecule has 11 heteroatoms. The number of nitrogens with zero attached hydrogens (tertiary/aromatic N) is 3. The van der Waals surface area contributed by atoms with Gasteiger partial charge < -0.3 is 19.7 Å². The van der Waals surface area contributed by atoms with Crippen LogP contribution in [-0.4, -0.2) is 57.0 Å². The molecule has 2 N–H and O–H groups in total. The fourth-order valence-corrected chi connectivity index (χ4v) is 3.82. The van der Waals surface area contributed by atoms with Gasteiger partial charge in [-0.2, -0.15) is 0 Å². The third-order valence-electron chi connectivity index (χ3n) is 5.50. The number of carboxylic acid groups (broad SMARTS) is 2. The van der Waals surface area contributed by atoms with Crippen LogP contribution in [0.15, 0.2) is 42.1 Å². The second kappa shape index (κ2) is 10.7. The molecule has 0 spiro atoms. The molecular formula is C22H23N3O8. The Hall–Kier alpha value is -3.73. The predicted molar refractivity (Wildman–Crippen MR) is 113 cm³/mol. The average molecular weight is 457 g/mol. The first-order valence-corrected chi connectivity index (χ1v) is 10.3. The molecule has 0 saturated carbocycles. The number of pyridine rings is 2. The average Bonchev–Trinajstić information content (AvgIpc) is 2.80. The first-order valence-electron chi connectivity index (χ1n) is 10.3. The fourth-order valence-electron chi connectivity index (χ4n) is 3.82. The molecule has 2 aromatic heterocycles. The van der Waals surface area contributed by atoms with Gasteiger partial charge in [-0.05, 0) is 47.2 Å². The molecule has 0 atom stereocenters. The zero-order chi connectivity index (χ0) is 23.8. The first-order chi connectivity index (χ1) is 15.8. The largest absolute Gasteiger partial charge is 0.478 e. The number of rotatable bonds is 10. The number of esters is 1. The summed E-state index contributed by atoms with van der Waals surface area (Å²) >= 11 is 0. The highest BCUT2D eigenvalue weighted by molar-refractivity contribution is 5.89. The number of carbonyl (C=O) groups excluding carboxylic acids is 1. The van der Waals surface area contributed by atoms with Crippen molar-refractivity contribution in [2.75, 3.05) is 13.2 Å². The Morgan fingerprint density at radius 3 is 1.97 bits per heavy atom. The SMILES string of the molecule is O=NC1(OC(=O)CC(Cc2ccncc2C(=O)O)Cc2ccncc2C(=O)O)CCOCC1. The van der Waals surface area contributed by atoms with Crippen LogP contribution in [0.1, 0.15) is 51.1 Å². The molecule has 1 saturated heterocycles. The minimum absolute atomic E-state index is 0.0143. The van der Waals surface area contributed by atoms with Gasteiger partial charge in [0.15, 0.2) is 0 Å². The number of aromatic nitrogens is 2. The summed E-state index contributed by atoms with van der Waals surface area (Å²) in [6.07, 6.45) is 5.73. The van der Waals surface area contributed by atoms with Gasteiger partial charge in [-0.1, -0.05) is 0 Å². The second-order valence-electron chi connectivity index (χ2n) is 7.78. The Labute approximate surface area is 188 Å². The summed E-state index contributed by atoms with van der Waals surface area (Å²) in [6, 6.07) is 3.08. The van der Waals surface area contributed by atoms with E-state index < -0.39 is 29.6 Å². The van der Waals surface area contributed by atoms with Crippen molar-refractivity contribution in [3.8, 4) is 0 Å². The summed E-state index contributed by atoms with van der Waals surface area (Å²) in [5.74, 6) is -3.54. The van der Waals surface area contributed by atoms with Crippen molar-refractivity contribution in [2.45, 2.75) is 37.8 Å². The third kappa shape index (κ3) is 6.16. The lowest BCUT2D eigenvalue weighted by molar-refractivity contribution is -0.169. The zero-order valence-electron chi connectivity index (χ0n) is 17.7. The lowest BCUT2D eigenvalue weighted by Crippen LogP contribution is -2.39. The maximum atomic E-state index is 12.8. The monoisotopic (exact) mass is 457 g/mol. The molecule has 3 rings (SSSR count). The van der Waals surface area contributed by atoms with E-state index in [0.717, 1.165) is 0 Å². The molecule has 3 heterocycles. The predicted octanol–water partition coefficient (Wildman–Crippen LogP) is 2.48. The number of carbonyl (C=O) groups is 3.